The molecule has 7 nitrogen and oxygen atoms in total. The first-order chi connectivity index (χ1) is 13.3. The lowest BCUT2D eigenvalue weighted by atomic mass is 10.1. The van der Waals surface area contributed by atoms with E-state index in [0.717, 1.165) is 5.56 Å². The summed E-state index contributed by atoms with van der Waals surface area (Å²) in [4.78, 5) is 12.7. The lowest BCUT2D eigenvalue weighted by molar-refractivity contribution is 0.0950. The Labute approximate surface area is 166 Å². The molecule has 0 bridgehead atoms. The number of nitrogens with zero attached hydrogens (tertiary/aromatic N) is 1. The summed E-state index contributed by atoms with van der Waals surface area (Å²) in [5.41, 5.74) is 1.21. The van der Waals surface area contributed by atoms with E-state index in [1.54, 1.807) is 56.3 Å². The molecule has 2 rings (SSSR count). The summed E-state index contributed by atoms with van der Waals surface area (Å²) >= 11 is 0. The molecule has 0 atom stereocenters. The van der Waals surface area contributed by atoms with E-state index >= 15 is 0 Å². The van der Waals surface area contributed by atoms with Crippen molar-refractivity contribution < 1.29 is 22.7 Å². The van der Waals surface area contributed by atoms with Gasteiger partial charge in [-0.2, -0.15) is 4.31 Å². The second kappa shape index (κ2) is 9.57. The molecule has 0 saturated heterocycles. The molecule has 8 heteroatoms. The van der Waals surface area contributed by atoms with Crippen molar-refractivity contribution in [2.75, 3.05) is 27.3 Å². The Morgan fingerprint density at radius 3 is 1.96 bits per heavy atom. The van der Waals surface area contributed by atoms with Crippen LogP contribution in [0.4, 0.5) is 0 Å². The van der Waals surface area contributed by atoms with Crippen LogP contribution < -0.4 is 14.8 Å². The number of hydrogen-bond acceptors (Lipinski definition) is 5. The molecule has 2 aromatic rings. The molecule has 152 valence electrons. The average molecular weight is 407 g/mol. The number of carbonyl (C=O) groups is 1. The Morgan fingerprint density at radius 2 is 1.50 bits per heavy atom. The predicted molar refractivity (Wildman–Crippen MR) is 107 cm³/mol. The van der Waals surface area contributed by atoms with Crippen LogP contribution in [0.5, 0.6) is 11.5 Å². The third-order valence-corrected chi connectivity index (χ3v) is 6.40. The molecule has 0 radical (unpaired) electrons. The maximum atomic E-state index is 12.5. The first kappa shape index (κ1) is 21.7. The van der Waals surface area contributed by atoms with Gasteiger partial charge in [0.1, 0.15) is 11.5 Å². The van der Waals surface area contributed by atoms with Gasteiger partial charge in [-0.05, 0) is 29.8 Å². The van der Waals surface area contributed by atoms with Crippen molar-refractivity contribution >= 4 is 15.9 Å². The molecule has 0 fully saturated rings. The number of benzene rings is 2. The molecular weight excluding hydrogens is 380 g/mol. The SMILES string of the molecule is CCN(CC)S(=O)(=O)c1ccc(CNC(=O)c2cc(OC)cc(OC)c2)cc1. The third kappa shape index (κ3) is 5.02. The zero-order valence-electron chi connectivity index (χ0n) is 16.6. The number of ether oxygens (including phenoxy) is 2. The molecule has 0 unspecified atom stereocenters. The maximum Gasteiger partial charge on any atom is 0.251 e. The number of sulfonamides is 1. The first-order valence-corrected chi connectivity index (χ1v) is 10.4. The highest BCUT2D eigenvalue weighted by molar-refractivity contribution is 7.89. The zero-order chi connectivity index (χ0) is 20.7. The number of amides is 1. The van der Waals surface area contributed by atoms with Gasteiger partial charge in [0.2, 0.25) is 10.0 Å². The van der Waals surface area contributed by atoms with Crippen molar-refractivity contribution in [1.82, 2.24) is 9.62 Å². The van der Waals surface area contributed by atoms with Gasteiger partial charge in [0.05, 0.1) is 19.1 Å². The summed E-state index contributed by atoms with van der Waals surface area (Å²) in [5.74, 6) is 0.767. The summed E-state index contributed by atoms with van der Waals surface area (Å²) in [6.07, 6.45) is 0. The fourth-order valence-corrected chi connectivity index (χ4v) is 4.17. The molecular formula is C20H26N2O5S. The third-order valence-electron chi connectivity index (χ3n) is 4.33. The van der Waals surface area contributed by atoms with E-state index in [0.29, 0.717) is 30.2 Å². The molecule has 0 aliphatic carbocycles. The number of nitrogens with one attached hydrogen (secondary N) is 1. The number of carbonyl (C=O) groups excluding carboxylic acids is 1. The topological polar surface area (TPSA) is 84.9 Å². The van der Waals surface area contributed by atoms with Crippen molar-refractivity contribution in [3.8, 4) is 11.5 Å². The molecule has 0 heterocycles. The minimum atomic E-state index is -3.49. The molecule has 28 heavy (non-hydrogen) atoms. The molecule has 0 aliphatic heterocycles. The van der Waals surface area contributed by atoms with E-state index in [9.17, 15) is 13.2 Å². The summed E-state index contributed by atoms with van der Waals surface area (Å²) in [5, 5.41) is 2.81. The highest BCUT2D eigenvalue weighted by atomic mass is 32.2. The van der Waals surface area contributed by atoms with E-state index < -0.39 is 10.0 Å². The first-order valence-electron chi connectivity index (χ1n) is 8.96. The van der Waals surface area contributed by atoms with Crippen molar-refractivity contribution in [2.24, 2.45) is 0 Å². The van der Waals surface area contributed by atoms with Gasteiger partial charge in [-0.15, -0.1) is 0 Å². The van der Waals surface area contributed by atoms with Gasteiger partial charge in [0, 0.05) is 31.3 Å². The van der Waals surface area contributed by atoms with Crippen LogP contribution in [0, 0.1) is 0 Å². The summed E-state index contributed by atoms with van der Waals surface area (Å²) < 4.78 is 36.8. The van der Waals surface area contributed by atoms with Crippen LogP contribution >= 0.6 is 0 Å². The number of hydrogen-bond donors (Lipinski definition) is 1. The van der Waals surface area contributed by atoms with Gasteiger partial charge < -0.3 is 14.8 Å². The van der Waals surface area contributed by atoms with Gasteiger partial charge >= 0.3 is 0 Å². The normalized spacial score (nSPS) is 11.3. The van der Waals surface area contributed by atoms with E-state index in [-0.39, 0.29) is 17.3 Å². The van der Waals surface area contributed by atoms with Gasteiger partial charge in [-0.1, -0.05) is 26.0 Å². The largest absolute Gasteiger partial charge is 0.497 e. The summed E-state index contributed by atoms with van der Waals surface area (Å²) in [6, 6.07) is 11.4. The van der Waals surface area contributed by atoms with Gasteiger partial charge in [0.25, 0.3) is 5.91 Å². The van der Waals surface area contributed by atoms with Crippen LogP contribution in [0.15, 0.2) is 47.4 Å². The standard InChI is InChI=1S/C20H26N2O5S/c1-5-22(6-2)28(24,25)19-9-7-15(8-10-19)14-21-20(23)16-11-17(26-3)13-18(12-16)27-4/h7-13H,5-6,14H2,1-4H3,(H,21,23). The van der Waals surface area contributed by atoms with Crippen molar-refractivity contribution in [1.29, 1.82) is 0 Å². The Kier molecular flexibility index (Phi) is 7.42. The van der Waals surface area contributed by atoms with Crippen molar-refractivity contribution in [3.63, 3.8) is 0 Å². The molecule has 1 N–H and O–H groups in total. The second-order valence-electron chi connectivity index (χ2n) is 6.02. The molecule has 0 spiro atoms. The average Bonchev–Trinajstić information content (AvgIpc) is 2.72. The Bertz CT molecular complexity index is 884. The summed E-state index contributed by atoms with van der Waals surface area (Å²) in [7, 11) is -0.453. The fraction of sp³-hybridized carbons (Fsp3) is 0.350. The van der Waals surface area contributed by atoms with Gasteiger partial charge in [-0.25, -0.2) is 8.42 Å². The van der Waals surface area contributed by atoms with Crippen LogP contribution in [0.1, 0.15) is 29.8 Å². The molecule has 2 aromatic carbocycles. The molecule has 0 aromatic heterocycles. The van der Waals surface area contributed by atoms with Crippen molar-refractivity contribution in [2.45, 2.75) is 25.3 Å². The highest BCUT2D eigenvalue weighted by Crippen LogP contribution is 2.22. The Balaban J connectivity index is 2.08. The van der Waals surface area contributed by atoms with E-state index in [4.69, 9.17) is 9.47 Å². The van der Waals surface area contributed by atoms with Crippen LogP contribution in [-0.4, -0.2) is 45.9 Å². The Hall–Kier alpha value is -2.58. The summed E-state index contributed by atoms with van der Waals surface area (Å²) in [6.45, 7) is 4.71. The van der Waals surface area contributed by atoms with E-state index in [1.807, 2.05) is 0 Å². The van der Waals surface area contributed by atoms with Crippen molar-refractivity contribution in [3.05, 3.63) is 53.6 Å². The monoisotopic (exact) mass is 406 g/mol. The van der Waals surface area contributed by atoms with Crippen LogP contribution in [0.3, 0.4) is 0 Å². The zero-order valence-corrected chi connectivity index (χ0v) is 17.4. The fourth-order valence-electron chi connectivity index (χ4n) is 2.71. The maximum absolute atomic E-state index is 12.5. The highest BCUT2D eigenvalue weighted by Gasteiger charge is 2.21. The van der Waals surface area contributed by atoms with Gasteiger partial charge in [0.15, 0.2) is 0 Å². The minimum Gasteiger partial charge on any atom is -0.497 e. The quantitative estimate of drug-likeness (QED) is 0.692. The Morgan fingerprint density at radius 1 is 0.964 bits per heavy atom. The lowest BCUT2D eigenvalue weighted by Crippen LogP contribution is -2.30. The molecule has 0 aliphatic rings. The van der Waals surface area contributed by atoms with Crippen LogP contribution in [0.2, 0.25) is 0 Å². The van der Waals surface area contributed by atoms with E-state index in [1.165, 1.54) is 18.5 Å². The smallest absolute Gasteiger partial charge is 0.251 e. The van der Waals surface area contributed by atoms with E-state index in [2.05, 4.69) is 5.32 Å². The number of rotatable bonds is 9. The van der Waals surface area contributed by atoms with Crippen LogP contribution in [0.25, 0.3) is 0 Å². The minimum absolute atomic E-state index is 0.240. The van der Waals surface area contributed by atoms with Crippen LogP contribution in [-0.2, 0) is 16.6 Å². The lowest BCUT2D eigenvalue weighted by Gasteiger charge is -2.18. The molecule has 0 saturated carbocycles. The predicted octanol–water partition coefficient (Wildman–Crippen LogP) is 2.66. The van der Waals surface area contributed by atoms with Gasteiger partial charge in [-0.3, -0.25) is 4.79 Å². The molecule has 1 amide bonds. The second-order valence-corrected chi connectivity index (χ2v) is 7.96. The number of methoxy groups -OCH3 is 2.